The third-order valence-electron chi connectivity index (χ3n) is 3.39. The predicted octanol–water partition coefficient (Wildman–Crippen LogP) is 3.16. The number of benzene rings is 1. The summed E-state index contributed by atoms with van der Waals surface area (Å²) < 4.78 is 0. The molecule has 0 atom stereocenters. The van der Waals surface area contributed by atoms with Crippen LogP contribution in [-0.4, -0.2) is 16.5 Å². The van der Waals surface area contributed by atoms with E-state index < -0.39 is 0 Å². The maximum absolute atomic E-state index is 4.60. The van der Waals surface area contributed by atoms with Crippen LogP contribution in [0.5, 0.6) is 0 Å². The molecule has 0 aliphatic rings. The summed E-state index contributed by atoms with van der Waals surface area (Å²) >= 11 is 0. The summed E-state index contributed by atoms with van der Waals surface area (Å²) in [5.41, 5.74) is 2.94. The van der Waals surface area contributed by atoms with Gasteiger partial charge in [0.2, 0.25) is 0 Å². The van der Waals surface area contributed by atoms with Gasteiger partial charge < -0.3 is 5.32 Å². The molecule has 1 aromatic heterocycles. The van der Waals surface area contributed by atoms with Gasteiger partial charge in [-0.05, 0) is 24.6 Å². The number of rotatable bonds is 6. The number of fused-ring (bicyclic) bond motifs is 1. The van der Waals surface area contributed by atoms with Crippen molar-refractivity contribution in [2.75, 3.05) is 6.54 Å². The van der Waals surface area contributed by atoms with E-state index in [2.05, 4.69) is 29.1 Å². The van der Waals surface area contributed by atoms with Crippen molar-refractivity contribution in [1.29, 1.82) is 0 Å². The van der Waals surface area contributed by atoms with E-state index in [4.69, 9.17) is 0 Å². The van der Waals surface area contributed by atoms with Gasteiger partial charge in [-0.2, -0.15) is 0 Å². The molecule has 96 valence electrons. The Labute approximate surface area is 109 Å². The zero-order chi connectivity index (χ0) is 12.8. The van der Waals surface area contributed by atoms with Gasteiger partial charge in [-0.15, -0.1) is 0 Å². The average molecular weight is 243 g/mol. The van der Waals surface area contributed by atoms with Crippen LogP contribution in [-0.2, 0) is 6.54 Å². The highest BCUT2D eigenvalue weighted by Gasteiger charge is 2.03. The molecule has 3 heteroatoms. The largest absolute Gasteiger partial charge is 0.311 e. The molecule has 3 nitrogen and oxygen atoms in total. The highest BCUT2D eigenvalue weighted by atomic mass is 14.9. The molecule has 0 unspecified atom stereocenters. The van der Waals surface area contributed by atoms with Crippen molar-refractivity contribution in [2.45, 2.75) is 33.2 Å². The predicted molar refractivity (Wildman–Crippen MR) is 75.3 cm³/mol. The summed E-state index contributed by atoms with van der Waals surface area (Å²) in [4.78, 5) is 9.02. The van der Waals surface area contributed by atoms with E-state index in [1.807, 2.05) is 30.5 Å². The van der Waals surface area contributed by atoms with Gasteiger partial charge in [0.05, 0.1) is 22.9 Å². The summed E-state index contributed by atoms with van der Waals surface area (Å²) in [5.74, 6) is 0.762. The fourth-order valence-corrected chi connectivity index (χ4v) is 2.06. The van der Waals surface area contributed by atoms with E-state index in [9.17, 15) is 0 Å². The summed E-state index contributed by atoms with van der Waals surface area (Å²) in [6.07, 6.45) is 4.32. The molecule has 2 rings (SSSR count). The minimum atomic E-state index is 0.762. The average Bonchev–Trinajstić information content (AvgIpc) is 2.43. The van der Waals surface area contributed by atoms with E-state index in [1.54, 1.807) is 0 Å². The van der Waals surface area contributed by atoms with Crippen molar-refractivity contribution in [2.24, 2.45) is 5.92 Å². The monoisotopic (exact) mass is 243 g/mol. The standard InChI is InChI=1S/C15H21N3/c1-3-12(4-2)9-16-10-13-11-17-14-7-5-6-8-15(14)18-13/h5-8,11-12,16H,3-4,9-10H2,1-2H3. The fourth-order valence-electron chi connectivity index (χ4n) is 2.06. The molecule has 0 saturated carbocycles. The van der Waals surface area contributed by atoms with E-state index in [0.717, 1.165) is 35.7 Å². The molecule has 2 aromatic rings. The third kappa shape index (κ3) is 3.26. The first kappa shape index (κ1) is 13.0. The van der Waals surface area contributed by atoms with Crippen LogP contribution in [0.15, 0.2) is 30.5 Å². The topological polar surface area (TPSA) is 37.8 Å². The Hall–Kier alpha value is -1.48. The van der Waals surface area contributed by atoms with Gasteiger partial charge in [-0.25, -0.2) is 4.98 Å². The lowest BCUT2D eigenvalue weighted by Gasteiger charge is -2.12. The molecule has 0 spiro atoms. The minimum Gasteiger partial charge on any atom is -0.311 e. The highest BCUT2D eigenvalue weighted by molar-refractivity contribution is 5.73. The molecule has 1 N–H and O–H groups in total. The Bertz CT molecular complexity index is 492. The third-order valence-corrected chi connectivity index (χ3v) is 3.39. The first-order valence-corrected chi connectivity index (χ1v) is 6.74. The Morgan fingerprint density at radius 1 is 1.11 bits per heavy atom. The number of aromatic nitrogens is 2. The van der Waals surface area contributed by atoms with Crippen LogP contribution >= 0.6 is 0 Å². The molecule has 0 aliphatic heterocycles. The van der Waals surface area contributed by atoms with Crippen LogP contribution in [0.1, 0.15) is 32.4 Å². The summed E-state index contributed by atoms with van der Waals surface area (Å²) in [5, 5.41) is 3.47. The van der Waals surface area contributed by atoms with E-state index in [-0.39, 0.29) is 0 Å². The zero-order valence-electron chi connectivity index (χ0n) is 11.2. The molecule has 0 fully saturated rings. The molecule has 1 heterocycles. The second-order valence-corrected chi connectivity index (χ2v) is 4.66. The first-order chi connectivity index (χ1) is 8.83. The minimum absolute atomic E-state index is 0.762. The second-order valence-electron chi connectivity index (χ2n) is 4.66. The molecule has 18 heavy (non-hydrogen) atoms. The maximum Gasteiger partial charge on any atom is 0.0890 e. The van der Waals surface area contributed by atoms with Crippen molar-refractivity contribution in [3.05, 3.63) is 36.2 Å². The number of hydrogen-bond donors (Lipinski definition) is 1. The van der Waals surface area contributed by atoms with Gasteiger partial charge >= 0.3 is 0 Å². The summed E-state index contributed by atoms with van der Waals surface area (Å²) in [7, 11) is 0. The Balaban J connectivity index is 1.95. The molecular formula is C15H21N3. The van der Waals surface area contributed by atoms with Crippen LogP contribution in [0.2, 0.25) is 0 Å². The number of para-hydroxylation sites is 2. The molecular weight excluding hydrogens is 222 g/mol. The molecule has 0 aliphatic carbocycles. The lowest BCUT2D eigenvalue weighted by atomic mass is 10.0. The lowest BCUT2D eigenvalue weighted by Crippen LogP contribution is -2.22. The Morgan fingerprint density at radius 3 is 2.56 bits per heavy atom. The van der Waals surface area contributed by atoms with E-state index >= 15 is 0 Å². The number of hydrogen-bond acceptors (Lipinski definition) is 3. The van der Waals surface area contributed by atoms with Gasteiger partial charge in [0, 0.05) is 6.54 Å². The second kappa shape index (κ2) is 6.45. The maximum atomic E-state index is 4.60. The van der Waals surface area contributed by atoms with Crippen LogP contribution in [0, 0.1) is 5.92 Å². The number of nitrogens with zero attached hydrogens (tertiary/aromatic N) is 2. The molecule has 0 amide bonds. The van der Waals surface area contributed by atoms with Crippen molar-refractivity contribution in [1.82, 2.24) is 15.3 Å². The van der Waals surface area contributed by atoms with Gasteiger partial charge in [0.25, 0.3) is 0 Å². The first-order valence-electron chi connectivity index (χ1n) is 6.74. The van der Waals surface area contributed by atoms with Crippen LogP contribution < -0.4 is 5.32 Å². The highest BCUT2D eigenvalue weighted by Crippen LogP contribution is 2.09. The van der Waals surface area contributed by atoms with Gasteiger partial charge in [-0.3, -0.25) is 4.98 Å². The SMILES string of the molecule is CCC(CC)CNCc1cnc2ccccc2n1. The van der Waals surface area contributed by atoms with Crippen molar-refractivity contribution in [3.8, 4) is 0 Å². The van der Waals surface area contributed by atoms with Crippen molar-refractivity contribution < 1.29 is 0 Å². The normalized spacial score (nSPS) is 11.3. The Morgan fingerprint density at radius 2 is 1.83 bits per heavy atom. The lowest BCUT2D eigenvalue weighted by molar-refractivity contribution is 0.448. The van der Waals surface area contributed by atoms with Gasteiger partial charge in [-0.1, -0.05) is 38.8 Å². The Kier molecular flexibility index (Phi) is 4.65. The summed E-state index contributed by atoms with van der Waals surface area (Å²) in [6, 6.07) is 7.98. The van der Waals surface area contributed by atoms with E-state index in [1.165, 1.54) is 12.8 Å². The van der Waals surface area contributed by atoms with Gasteiger partial charge in [0.1, 0.15) is 0 Å². The molecule has 1 aromatic carbocycles. The van der Waals surface area contributed by atoms with Crippen LogP contribution in [0.3, 0.4) is 0 Å². The quantitative estimate of drug-likeness (QED) is 0.847. The zero-order valence-corrected chi connectivity index (χ0v) is 11.2. The fraction of sp³-hybridized carbons (Fsp3) is 0.467. The summed E-state index contributed by atoms with van der Waals surface area (Å²) in [6.45, 7) is 6.34. The van der Waals surface area contributed by atoms with Crippen LogP contribution in [0.4, 0.5) is 0 Å². The van der Waals surface area contributed by atoms with Crippen molar-refractivity contribution >= 4 is 11.0 Å². The number of nitrogens with one attached hydrogen (secondary N) is 1. The van der Waals surface area contributed by atoms with Crippen molar-refractivity contribution in [3.63, 3.8) is 0 Å². The molecule has 0 bridgehead atoms. The molecule has 0 radical (unpaired) electrons. The van der Waals surface area contributed by atoms with Gasteiger partial charge in [0.15, 0.2) is 0 Å². The van der Waals surface area contributed by atoms with E-state index in [0.29, 0.717) is 0 Å². The van der Waals surface area contributed by atoms with Crippen LogP contribution in [0.25, 0.3) is 11.0 Å². The smallest absolute Gasteiger partial charge is 0.0890 e. The molecule has 0 saturated heterocycles.